The zero-order chi connectivity index (χ0) is 17.1. The van der Waals surface area contributed by atoms with Gasteiger partial charge in [0.15, 0.2) is 0 Å². The van der Waals surface area contributed by atoms with E-state index in [1.54, 1.807) is 7.11 Å². The topological polar surface area (TPSA) is 35.5 Å². The van der Waals surface area contributed by atoms with Crippen LogP contribution in [-0.2, 0) is 11.2 Å². The zero-order valence-corrected chi connectivity index (χ0v) is 14.7. The van der Waals surface area contributed by atoms with Crippen LogP contribution in [0.25, 0.3) is 0 Å². The summed E-state index contributed by atoms with van der Waals surface area (Å²) in [4.78, 5) is 11.2. The molecular weight excluding hydrogens is 288 g/mol. The second-order valence-corrected chi connectivity index (χ2v) is 6.09. The fraction of sp³-hybridized carbons (Fsp3) is 0.350. The first-order valence-electron chi connectivity index (χ1n) is 7.74. The molecule has 0 amide bonds. The molecule has 0 saturated heterocycles. The Morgan fingerprint density at radius 3 is 1.57 bits per heavy atom. The van der Waals surface area contributed by atoms with Crippen molar-refractivity contribution in [2.75, 3.05) is 7.11 Å². The highest BCUT2D eigenvalue weighted by Crippen LogP contribution is 2.28. The smallest absolute Gasteiger partial charge is 0.308 e. The van der Waals surface area contributed by atoms with Crippen LogP contribution in [0.1, 0.15) is 40.3 Å². The van der Waals surface area contributed by atoms with Crippen LogP contribution in [0.4, 0.5) is 0 Å². The summed E-state index contributed by atoms with van der Waals surface area (Å²) in [6.07, 6.45) is 0.841. The predicted octanol–water partition coefficient (Wildman–Crippen LogP) is 4.44. The highest BCUT2D eigenvalue weighted by atomic mass is 16.5. The van der Waals surface area contributed by atoms with Crippen molar-refractivity contribution in [3.63, 3.8) is 0 Å². The normalized spacial score (nSPS) is 10.5. The van der Waals surface area contributed by atoms with Gasteiger partial charge in [0.05, 0.1) is 7.11 Å². The molecule has 0 saturated carbocycles. The predicted molar refractivity (Wildman–Crippen MR) is 92.5 cm³/mol. The van der Waals surface area contributed by atoms with Gasteiger partial charge < -0.3 is 9.47 Å². The van der Waals surface area contributed by atoms with Gasteiger partial charge in [-0.2, -0.15) is 0 Å². The quantitative estimate of drug-likeness (QED) is 0.618. The molecule has 0 radical (unpaired) electrons. The Morgan fingerprint density at radius 2 is 1.22 bits per heavy atom. The molecule has 122 valence electrons. The highest BCUT2D eigenvalue weighted by molar-refractivity contribution is 5.70. The molecule has 0 aromatic heterocycles. The van der Waals surface area contributed by atoms with Gasteiger partial charge in [-0.15, -0.1) is 0 Å². The highest BCUT2D eigenvalue weighted by Gasteiger charge is 2.11. The summed E-state index contributed by atoms with van der Waals surface area (Å²) in [5.74, 6) is 1.33. The monoisotopic (exact) mass is 312 g/mol. The second-order valence-electron chi connectivity index (χ2n) is 6.09. The van der Waals surface area contributed by atoms with Crippen LogP contribution in [0.5, 0.6) is 11.5 Å². The molecule has 0 atom stereocenters. The lowest BCUT2D eigenvalue weighted by molar-refractivity contribution is -0.131. The SMILES string of the molecule is COc1c(C)cc(Cc2cc(C)c(OC(C)=O)c(C)c2)cc1C. The van der Waals surface area contributed by atoms with Crippen molar-refractivity contribution in [3.8, 4) is 11.5 Å². The fourth-order valence-electron chi connectivity index (χ4n) is 3.15. The molecule has 0 heterocycles. The van der Waals surface area contributed by atoms with E-state index in [0.29, 0.717) is 5.75 Å². The molecule has 0 N–H and O–H groups in total. The number of rotatable bonds is 4. The first-order chi connectivity index (χ1) is 10.8. The number of benzene rings is 2. The van der Waals surface area contributed by atoms with Crippen molar-refractivity contribution in [1.29, 1.82) is 0 Å². The molecule has 0 aliphatic carbocycles. The van der Waals surface area contributed by atoms with Crippen molar-refractivity contribution < 1.29 is 14.3 Å². The Labute approximate surface area is 138 Å². The molecule has 2 aromatic carbocycles. The Kier molecular flexibility index (Phi) is 5.09. The lowest BCUT2D eigenvalue weighted by Crippen LogP contribution is -2.05. The van der Waals surface area contributed by atoms with Gasteiger partial charge in [0.2, 0.25) is 0 Å². The molecule has 0 spiro atoms. The van der Waals surface area contributed by atoms with E-state index in [9.17, 15) is 4.79 Å². The third-order valence-electron chi connectivity index (χ3n) is 3.90. The Balaban J connectivity index is 2.32. The van der Waals surface area contributed by atoms with Gasteiger partial charge >= 0.3 is 5.97 Å². The minimum atomic E-state index is -0.287. The van der Waals surface area contributed by atoms with Gasteiger partial charge in [-0.3, -0.25) is 4.79 Å². The number of hydrogen-bond acceptors (Lipinski definition) is 3. The summed E-state index contributed by atoms with van der Waals surface area (Å²) in [6, 6.07) is 8.49. The lowest BCUT2D eigenvalue weighted by atomic mass is 9.97. The van der Waals surface area contributed by atoms with E-state index >= 15 is 0 Å². The van der Waals surface area contributed by atoms with E-state index < -0.39 is 0 Å². The van der Waals surface area contributed by atoms with Crippen molar-refractivity contribution in [1.82, 2.24) is 0 Å². The maximum atomic E-state index is 11.2. The van der Waals surface area contributed by atoms with Crippen LogP contribution < -0.4 is 9.47 Å². The first-order valence-corrected chi connectivity index (χ1v) is 7.74. The minimum Gasteiger partial charge on any atom is -0.496 e. The van der Waals surface area contributed by atoms with Gasteiger partial charge in [-0.1, -0.05) is 24.3 Å². The molecule has 0 aliphatic heterocycles. The Hall–Kier alpha value is -2.29. The summed E-state index contributed by atoms with van der Waals surface area (Å²) in [5.41, 5.74) is 6.72. The molecular formula is C20H24O3. The summed E-state index contributed by atoms with van der Waals surface area (Å²) >= 11 is 0. The molecule has 0 bridgehead atoms. The second kappa shape index (κ2) is 6.86. The average molecular weight is 312 g/mol. The molecule has 0 aliphatic rings. The largest absolute Gasteiger partial charge is 0.496 e. The third-order valence-corrected chi connectivity index (χ3v) is 3.90. The van der Waals surface area contributed by atoms with Crippen molar-refractivity contribution in [2.45, 2.75) is 41.0 Å². The van der Waals surface area contributed by atoms with Gasteiger partial charge in [0, 0.05) is 6.92 Å². The zero-order valence-electron chi connectivity index (χ0n) is 14.7. The maximum Gasteiger partial charge on any atom is 0.308 e. The van der Waals surface area contributed by atoms with Crippen molar-refractivity contribution in [2.24, 2.45) is 0 Å². The summed E-state index contributed by atoms with van der Waals surface area (Å²) < 4.78 is 10.7. The number of methoxy groups -OCH3 is 1. The lowest BCUT2D eigenvalue weighted by Gasteiger charge is -2.14. The van der Waals surface area contributed by atoms with E-state index in [4.69, 9.17) is 9.47 Å². The first kappa shape index (κ1) is 17.1. The van der Waals surface area contributed by atoms with Crippen LogP contribution in [0.15, 0.2) is 24.3 Å². The standard InChI is InChI=1S/C20H24O3/c1-12-7-17(8-13(2)19(12)22-6)11-18-9-14(3)20(15(4)10-18)23-16(5)21/h7-10H,11H2,1-6H3. The summed E-state index contributed by atoms with van der Waals surface area (Å²) in [7, 11) is 1.70. The van der Waals surface area contributed by atoms with Gasteiger partial charge in [0.1, 0.15) is 11.5 Å². The van der Waals surface area contributed by atoms with Crippen molar-refractivity contribution >= 4 is 5.97 Å². The molecule has 2 aromatic rings. The van der Waals surface area contributed by atoms with E-state index in [1.165, 1.54) is 18.1 Å². The molecule has 3 nitrogen and oxygen atoms in total. The summed E-state index contributed by atoms with van der Waals surface area (Å²) in [6.45, 7) is 9.50. The van der Waals surface area contributed by atoms with Crippen molar-refractivity contribution in [3.05, 3.63) is 57.6 Å². The molecule has 2 rings (SSSR count). The van der Waals surface area contributed by atoms with Gasteiger partial charge in [0.25, 0.3) is 0 Å². The number of ether oxygens (including phenoxy) is 2. The number of carbonyl (C=O) groups excluding carboxylic acids is 1. The Bertz CT molecular complexity index is 699. The van der Waals surface area contributed by atoms with Crippen LogP contribution in [0.2, 0.25) is 0 Å². The van der Waals surface area contributed by atoms with E-state index in [-0.39, 0.29) is 5.97 Å². The molecule has 0 unspecified atom stereocenters. The third kappa shape index (κ3) is 3.92. The van der Waals surface area contributed by atoms with Gasteiger partial charge in [-0.25, -0.2) is 0 Å². The van der Waals surface area contributed by atoms with E-state index in [0.717, 1.165) is 34.4 Å². The van der Waals surface area contributed by atoms with Crippen LogP contribution in [-0.4, -0.2) is 13.1 Å². The van der Waals surface area contributed by atoms with E-state index in [2.05, 4.69) is 38.1 Å². The average Bonchev–Trinajstić information content (AvgIpc) is 2.42. The fourth-order valence-corrected chi connectivity index (χ4v) is 3.15. The molecule has 3 heteroatoms. The summed E-state index contributed by atoms with van der Waals surface area (Å²) in [5, 5.41) is 0. The molecule has 23 heavy (non-hydrogen) atoms. The number of hydrogen-bond donors (Lipinski definition) is 0. The number of carbonyl (C=O) groups is 1. The van der Waals surface area contributed by atoms with Crippen LogP contribution >= 0.6 is 0 Å². The number of esters is 1. The van der Waals surface area contributed by atoms with E-state index in [1.807, 2.05) is 13.8 Å². The number of aryl methyl sites for hydroxylation is 4. The maximum absolute atomic E-state index is 11.2. The van der Waals surface area contributed by atoms with Crippen LogP contribution in [0.3, 0.4) is 0 Å². The molecule has 0 fully saturated rings. The van der Waals surface area contributed by atoms with Crippen LogP contribution in [0, 0.1) is 27.7 Å². The minimum absolute atomic E-state index is 0.287. The van der Waals surface area contributed by atoms with Gasteiger partial charge in [-0.05, 0) is 67.5 Å². The Morgan fingerprint density at radius 1 is 0.826 bits per heavy atom.